The molecule has 2 aromatic rings. The Morgan fingerprint density at radius 1 is 1.08 bits per heavy atom. The van der Waals surface area contributed by atoms with Crippen molar-refractivity contribution in [3.8, 4) is 5.75 Å². The summed E-state index contributed by atoms with van der Waals surface area (Å²) in [5.74, 6) is 0.144. The molecule has 124 valence electrons. The predicted molar refractivity (Wildman–Crippen MR) is 93.5 cm³/mol. The van der Waals surface area contributed by atoms with Crippen LogP contribution in [0.4, 0.5) is 0 Å². The summed E-state index contributed by atoms with van der Waals surface area (Å²) < 4.78 is 5.36. The van der Waals surface area contributed by atoms with Crippen LogP contribution < -0.4 is 15.8 Å². The van der Waals surface area contributed by atoms with Gasteiger partial charge in [-0.1, -0.05) is 24.3 Å². The Balaban J connectivity index is 1.85. The largest absolute Gasteiger partial charge is 0.494 e. The normalized spacial score (nSPS) is 10.5. The molecule has 3 N–H and O–H groups in total. The summed E-state index contributed by atoms with van der Waals surface area (Å²) in [6.07, 6.45) is 3.22. The molecule has 0 spiro atoms. The highest BCUT2D eigenvalue weighted by Crippen LogP contribution is 2.13. The number of amides is 2. The second-order valence-electron chi connectivity index (χ2n) is 5.11. The van der Waals surface area contributed by atoms with Gasteiger partial charge in [-0.05, 0) is 48.4 Å². The molecule has 0 aliphatic rings. The first kappa shape index (κ1) is 17.3. The number of hydrogen-bond donors (Lipinski definition) is 2. The van der Waals surface area contributed by atoms with Crippen LogP contribution in [0.25, 0.3) is 6.08 Å². The number of benzene rings is 2. The van der Waals surface area contributed by atoms with E-state index in [4.69, 9.17) is 10.5 Å². The van der Waals surface area contributed by atoms with Crippen LogP contribution in [0.5, 0.6) is 5.75 Å². The van der Waals surface area contributed by atoms with Gasteiger partial charge in [0.25, 0.3) is 0 Å². The van der Waals surface area contributed by atoms with Gasteiger partial charge < -0.3 is 15.8 Å². The van der Waals surface area contributed by atoms with Crippen molar-refractivity contribution in [2.75, 3.05) is 6.61 Å². The minimum absolute atomic E-state index is 0.192. The van der Waals surface area contributed by atoms with Gasteiger partial charge in [0, 0.05) is 18.2 Å². The van der Waals surface area contributed by atoms with Crippen LogP contribution in [-0.4, -0.2) is 18.4 Å². The van der Waals surface area contributed by atoms with E-state index < -0.39 is 5.91 Å². The Hall–Kier alpha value is -3.08. The third-order valence-corrected chi connectivity index (χ3v) is 3.32. The highest BCUT2D eigenvalue weighted by molar-refractivity contribution is 5.93. The average Bonchev–Trinajstić information content (AvgIpc) is 2.60. The zero-order chi connectivity index (χ0) is 17.4. The van der Waals surface area contributed by atoms with Gasteiger partial charge in [-0.2, -0.15) is 0 Å². The second kappa shape index (κ2) is 8.53. The van der Waals surface area contributed by atoms with Gasteiger partial charge in [0.2, 0.25) is 11.8 Å². The molecule has 0 heterocycles. The number of carbonyl (C=O) groups excluding carboxylic acids is 2. The Bertz CT molecular complexity index is 719. The molecule has 0 fully saturated rings. The lowest BCUT2D eigenvalue weighted by molar-refractivity contribution is -0.116. The third-order valence-electron chi connectivity index (χ3n) is 3.32. The van der Waals surface area contributed by atoms with E-state index >= 15 is 0 Å². The maximum Gasteiger partial charge on any atom is 0.248 e. The number of rotatable bonds is 7. The molecule has 0 unspecified atom stereocenters. The first-order valence-corrected chi connectivity index (χ1v) is 7.66. The van der Waals surface area contributed by atoms with Crippen molar-refractivity contribution >= 4 is 17.9 Å². The standard InChI is InChI=1S/C19H20N2O3/c1-2-24-17-10-5-14(6-11-17)7-12-18(22)21-13-15-3-8-16(9-4-15)19(20)23/h3-12H,2,13H2,1H3,(H2,20,23)(H,21,22)/b12-7+. The summed E-state index contributed by atoms with van der Waals surface area (Å²) in [6.45, 7) is 2.93. The molecule has 24 heavy (non-hydrogen) atoms. The van der Waals surface area contributed by atoms with Gasteiger partial charge in [0.1, 0.15) is 5.75 Å². The molecular formula is C19H20N2O3. The molecule has 2 rings (SSSR count). The molecule has 0 aromatic heterocycles. The maximum atomic E-state index is 11.8. The van der Waals surface area contributed by atoms with Gasteiger partial charge in [-0.25, -0.2) is 0 Å². The van der Waals surface area contributed by atoms with Crippen molar-refractivity contribution < 1.29 is 14.3 Å². The van der Waals surface area contributed by atoms with E-state index in [1.807, 2.05) is 31.2 Å². The monoisotopic (exact) mass is 324 g/mol. The molecule has 0 radical (unpaired) electrons. The molecule has 0 saturated heterocycles. The topological polar surface area (TPSA) is 81.4 Å². The van der Waals surface area contributed by atoms with E-state index in [1.54, 1.807) is 30.3 Å². The molecule has 2 amide bonds. The molecule has 0 saturated carbocycles. The summed E-state index contributed by atoms with van der Waals surface area (Å²) in [4.78, 5) is 22.8. The SMILES string of the molecule is CCOc1ccc(/C=C/C(=O)NCc2ccc(C(N)=O)cc2)cc1. The van der Waals surface area contributed by atoms with Crippen molar-refractivity contribution in [1.29, 1.82) is 0 Å². The third kappa shape index (κ3) is 5.28. The first-order valence-electron chi connectivity index (χ1n) is 7.66. The van der Waals surface area contributed by atoms with E-state index in [9.17, 15) is 9.59 Å². The summed E-state index contributed by atoms with van der Waals surface area (Å²) in [7, 11) is 0. The molecule has 0 atom stereocenters. The summed E-state index contributed by atoms with van der Waals surface area (Å²) in [5.41, 5.74) is 7.43. The van der Waals surface area contributed by atoms with Crippen molar-refractivity contribution in [3.63, 3.8) is 0 Å². The minimum Gasteiger partial charge on any atom is -0.494 e. The summed E-state index contributed by atoms with van der Waals surface area (Å²) in [6, 6.07) is 14.3. The van der Waals surface area contributed by atoms with E-state index in [0.717, 1.165) is 16.9 Å². The van der Waals surface area contributed by atoms with Gasteiger partial charge >= 0.3 is 0 Å². The number of carbonyl (C=O) groups is 2. The number of hydrogen-bond acceptors (Lipinski definition) is 3. The number of nitrogens with two attached hydrogens (primary N) is 1. The van der Waals surface area contributed by atoms with E-state index in [2.05, 4.69) is 5.32 Å². The Morgan fingerprint density at radius 2 is 1.75 bits per heavy atom. The molecule has 5 heteroatoms. The lowest BCUT2D eigenvalue weighted by Crippen LogP contribution is -2.20. The molecular weight excluding hydrogens is 304 g/mol. The number of ether oxygens (including phenoxy) is 1. The summed E-state index contributed by atoms with van der Waals surface area (Å²) in [5, 5.41) is 2.78. The van der Waals surface area contributed by atoms with E-state index in [-0.39, 0.29) is 5.91 Å². The number of primary amides is 1. The van der Waals surface area contributed by atoms with Crippen molar-refractivity contribution in [1.82, 2.24) is 5.32 Å². The van der Waals surface area contributed by atoms with E-state index in [0.29, 0.717) is 18.7 Å². The molecule has 0 aliphatic carbocycles. The van der Waals surface area contributed by atoms with Crippen LogP contribution in [0.3, 0.4) is 0 Å². The summed E-state index contributed by atoms with van der Waals surface area (Å²) >= 11 is 0. The smallest absolute Gasteiger partial charge is 0.248 e. The quantitative estimate of drug-likeness (QED) is 0.768. The zero-order valence-corrected chi connectivity index (χ0v) is 13.5. The molecule has 5 nitrogen and oxygen atoms in total. The lowest BCUT2D eigenvalue weighted by atomic mass is 10.1. The Kier molecular flexibility index (Phi) is 6.14. The van der Waals surface area contributed by atoms with E-state index in [1.165, 1.54) is 6.08 Å². The second-order valence-corrected chi connectivity index (χ2v) is 5.11. The van der Waals surface area contributed by atoms with Gasteiger partial charge in [0.05, 0.1) is 6.61 Å². The Labute approximate surface area is 141 Å². The predicted octanol–water partition coefficient (Wildman–Crippen LogP) is 2.51. The van der Waals surface area contributed by atoms with Gasteiger partial charge in [-0.15, -0.1) is 0 Å². The van der Waals surface area contributed by atoms with Crippen molar-refractivity contribution in [2.45, 2.75) is 13.5 Å². The fourth-order valence-electron chi connectivity index (χ4n) is 2.05. The van der Waals surface area contributed by atoms with Crippen LogP contribution in [0.15, 0.2) is 54.6 Å². The molecule has 0 bridgehead atoms. The van der Waals surface area contributed by atoms with Crippen LogP contribution >= 0.6 is 0 Å². The molecule has 0 aliphatic heterocycles. The van der Waals surface area contributed by atoms with Gasteiger partial charge in [-0.3, -0.25) is 9.59 Å². The Morgan fingerprint density at radius 3 is 2.33 bits per heavy atom. The zero-order valence-electron chi connectivity index (χ0n) is 13.5. The highest BCUT2D eigenvalue weighted by atomic mass is 16.5. The lowest BCUT2D eigenvalue weighted by Gasteiger charge is -2.04. The molecule has 2 aromatic carbocycles. The maximum absolute atomic E-state index is 11.8. The minimum atomic E-state index is -0.469. The van der Waals surface area contributed by atoms with Crippen molar-refractivity contribution in [3.05, 3.63) is 71.3 Å². The van der Waals surface area contributed by atoms with Crippen LogP contribution in [0.1, 0.15) is 28.4 Å². The highest BCUT2D eigenvalue weighted by Gasteiger charge is 2.01. The van der Waals surface area contributed by atoms with Gasteiger partial charge in [0.15, 0.2) is 0 Å². The van der Waals surface area contributed by atoms with Crippen LogP contribution in [-0.2, 0) is 11.3 Å². The average molecular weight is 324 g/mol. The van der Waals surface area contributed by atoms with Crippen LogP contribution in [0.2, 0.25) is 0 Å². The fraction of sp³-hybridized carbons (Fsp3) is 0.158. The van der Waals surface area contributed by atoms with Crippen molar-refractivity contribution in [2.24, 2.45) is 5.73 Å². The fourth-order valence-corrected chi connectivity index (χ4v) is 2.05. The number of nitrogens with one attached hydrogen (secondary N) is 1. The van der Waals surface area contributed by atoms with Crippen LogP contribution in [0, 0.1) is 0 Å². The first-order chi connectivity index (χ1) is 11.6.